The number of carbonyl (C=O) groups is 2. The number of carboxylic acid groups (broad SMARTS) is 1. The SMILES string of the molecule is Cc1cc(-c2ccc(C(=O)N(C)c3ccc(CN4CCN(C(=O)O)[C@@H](C)C4)cc3)nc2)ccn1. The maximum absolute atomic E-state index is 13.0. The van der Waals surface area contributed by atoms with Crippen LogP contribution in [0.4, 0.5) is 10.5 Å². The van der Waals surface area contributed by atoms with Crippen LogP contribution in [0.3, 0.4) is 0 Å². The van der Waals surface area contributed by atoms with Crippen molar-refractivity contribution in [2.45, 2.75) is 26.4 Å². The quantitative estimate of drug-likeness (QED) is 0.622. The fourth-order valence-electron chi connectivity index (χ4n) is 4.25. The summed E-state index contributed by atoms with van der Waals surface area (Å²) in [5.74, 6) is -0.177. The van der Waals surface area contributed by atoms with E-state index in [2.05, 4.69) is 14.9 Å². The molecule has 1 aliphatic rings. The van der Waals surface area contributed by atoms with Crippen molar-refractivity contribution in [3.63, 3.8) is 0 Å². The number of carbonyl (C=O) groups excluding carboxylic acids is 1. The molecule has 1 aliphatic heterocycles. The van der Waals surface area contributed by atoms with Gasteiger partial charge in [-0.25, -0.2) is 4.79 Å². The van der Waals surface area contributed by atoms with Gasteiger partial charge in [-0.3, -0.25) is 19.7 Å². The Kier molecular flexibility index (Phi) is 6.88. The Labute approximate surface area is 199 Å². The first-order chi connectivity index (χ1) is 16.3. The number of piperazine rings is 1. The van der Waals surface area contributed by atoms with E-state index in [9.17, 15) is 14.7 Å². The lowest BCUT2D eigenvalue weighted by atomic mass is 10.1. The molecule has 2 amide bonds. The first-order valence-corrected chi connectivity index (χ1v) is 11.3. The average Bonchev–Trinajstić information content (AvgIpc) is 2.83. The van der Waals surface area contributed by atoms with Crippen LogP contribution in [0, 0.1) is 6.92 Å². The maximum Gasteiger partial charge on any atom is 0.407 e. The highest BCUT2D eigenvalue weighted by molar-refractivity contribution is 6.04. The topological polar surface area (TPSA) is 89.9 Å². The molecule has 1 fully saturated rings. The molecule has 8 heteroatoms. The number of hydrogen-bond donors (Lipinski definition) is 1. The van der Waals surface area contributed by atoms with E-state index in [1.54, 1.807) is 30.4 Å². The largest absolute Gasteiger partial charge is 0.465 e. The van der Waals surface area contributed by atoms with Crippen LogP contribution in [0.5, 0.6) is 0 Å². The smallest absolute Gasteiger partial charge is 0.407 e. The highest BCUT2D eigenvalue weighted by atomic mass is 16.4. The summed E-state index contributed by atoms with van der Waals surface area (Å²) < 4.78 is 0. The minimum atomic E-state index is -0.860. The summed E-state index contributed by atoms with van der Waals surface area (Å²) in [5, 5.41) is 9.24. The minimum Gasteiger partial charge on any atom is -0.465 e. The van der Waals surface area contributed by atoms with Gasteiger partial charge >= 0.3 is 6.09 Å². The molecule has 3 heterocycles. The van der Waals surface area contributed by atoms with Gasteiger partial charge in [-0.15, -0.1) is 0 Å². The molecule has 34 heavy (non-hydrogen) atoms. The number of nitrogens with zero attached hydrogens (tertiary/aromatic N) is 5. The maximum atomic E-state index is 13.0. The summed E-state index contributed by atoms with van der Waals surface area (Å²) >= 11 is 0. The molecule has 8 nitrogen and oxygen atoms in total. The average molecular weight is 460 g/mol. The molecule has 0 saturated carbocycles. The van der Waals surface area contributed by atoms with E-state index in [1.807, 2.05) is 56.3 Å². The molecule has 1 N–H and O–H groups in total. The molecular formula is C26H29N5O3. The molecule has 1 saturated heterocycles. The van der Waals surface area contributed by atoms with Gasteiger partial charge in [0.15, 0.2) is 0 Å². The number of amides is 2. The van der Waals surface area contributed by atoms with Gasteiger partial charge < -0.3 is 14.9 Å². The molecule has 0 unspecified atom stereocenters. The first kappa shape index (κ1) is 23.4. The van der Waals surface area contributed by atoms with Crippen LogP contribution in [-0.2, 0) is 6.54 Å². The Bertz CT molecular complexity index is 1160. The number of benzene rings is 1. The lowest BCUT2D eigenvalue weighted by molar-refractivity contribution is 0.0711. The van der Waals surface area contributed by atoms with Crippen molar-refractivity contribution in [2.24, 2.45) is 0 Å². The lowest BCUT2D eigenvalue weighted by Crippen LogP contribution is -2.53. The molecule has 176 valence electrons. The number of aromatic nitrogens is 2. The molecule has 2 aromatic heterocycles. The highest BCUT2D eigenvalue weighted by Crippen LogP contribution is 2.21. The van der Waals surface area contributed by atoms with E-state index in [-0.39, 0.29) is 11.9 Å². The predicted molar refractivity (Wildman–Crippen MR) is 131 cm³/mol. The second-order valence-corrected chi connectivity index (χ2v) is 8.71. The summed E-state index contributed by atoms with van der Waals surface area (Å²) in [6.45, 7) is 6.54. The van der Waals surface area contributed by atoms with Gasteiger partial charge in [0.25, 0.3) is 5.91 Å². The van der Waals surface area contributed by atoms with Crippen LogP contribution >= 0.6 is 0 Å². The van der Waals surface area contributed by atoms with Gasteiger partial charge in [0.05, 0.1) is 0 Å². The van der Waals surface area contributed by atoms with Crippen LogP contribution in [0.15, 0.2) is 60.9 Å². The monoisotopic (exact) mass is 459 g/mol. The van der Waals surface area contributed by atoms with Gasteiger partial charge in [0, 0.05) is 68.6 Å². The molecule has 0 radical (unpaired) electrons. The van der Waals surface area contributed by atoms with Gasteiger partial charge in [-0.1, -0.05) is 18.2 Å². The van der Waals surface area contributed by atoms with Crippen molar-refractivity contribution in [2.75, 3.05) is 31.6 Å². The fourth-order valence-corrected chi connectivity index (χ4v) is 4.25. The van der Waals surface area contributed by atoms with Crippen LogP contribution in [-0.4, -0.2) is 69.6 Å². The standard InChI is InChI=1S/C26H29N5O3/c1-18-14-21(10-11-27-18)22-6-9-24(28-15-22)25(32)29(3)23-7-4-20(5-8-23)17-30-12-13-31(26(33)34)19(2)16-30/h4-11,14-15,19H,12-13,16-17H2,1-3H3,(H,33,34)/t19-/m0/s1. The van der Waals surface area contributed by atoms with E-state index < -0.39 is 6.09 Å². The zero-order chi connectivity index (χ0) is 24.2. The van der Waals surface area contributed by atoms with Gasteiger partial charge in [-0.2, -0.15) is 0 Å². The van der Waals surface area contributed by atoms with Gasteiger partial charge in [-0.05, 0) is 55.3 Å². The van der Waals surface area contributed by atoms with Crippen molar-refractivity contribution in [3.8, 4) is 11.1 Å². The van der Waals surface area contributed by atoms with Crippen molar-refractivity contribution in [3.05, 3.63) is 77.9 Å². The predicted octanol–water partition coefficient (Wildman–Crippen LogP) is 3.91. The zero-order valence-corrected chi connectivity index (χ0v) is 19.7. The third kappa shape index (κ3) is 5.23. The molecule has 4 rings (SSSR count). The molecule has 1 atom stereocenters. The first-order valence-electron chi connectivity index (χ1n) is 11.3. The lowest BCUT2D eigenvalue weighted by Gasteiger charge is -2.38. The number of anilines is 1. The normalized spacial score (nSPS) is 16.3. The summed E-state index contributed by atoms with van der Waals surface area (Å²) in [7, 11) is 1.74. The molecule has 0 aliphatic carbocycles. The highest BCUT2D eigenvalue weighted by Gasteiger charge is 2.27. The van der Waals surface area contributed by atoms with E-state index in [0.29, 0.717) is 25.3 Å². The second kappa shape index (κ2) is 10.0. The second-order valence-electron chi connectivity index (χ2n) is 8.71. The Morgan fingerprint density at radius 3 is 2.44 bits per heavy atom. The summed E-state index contributed by atoms with van der Waals surface area (Å²) in [6.07, 6.45) is 2.61. The minimum absolute atomic E-state index is 0.0317. The third-order valence-corrected chi connectivity index (χ3v) is 6.20. The molecule has 1 aromatic carbocycles. The van der Waals surface area contributed by atoms with Crippen LogP contribution in [0.1, 0.15) is 28.7 Å². The Hall–Kier alpha value is -3.78. The van der Waals surface area contributed by atoms with Gasteiger partial charge in [0.2, 0.25) is 0 Å². The Balaban J connectivity index is 1.38. The Morgan fingerprint density at radius 2 is 1.82 bits per heavy atom. The van der Waals surface area contributed by atoms with Crippen LogP contribution in [0.25, 0.3) is 11.1 Å². The fraction of sp³-hybridized carbons (Fsp3) is 0.308. The third-order valence-electron chi connectivity index (χ3n) is 6.20. The summed E-state index contributed by atoms with van der Waals surface area (Å²) in [4.78, 5) is 38.1. The number of rotatable bonds is 5. The van der Waals surface area contributed by atoms with Crippen molar-refractivity contribution in [1.82, 2.24) is 19.8 Å². The molecule has 0 bridgehead atoms. The number of pyridine rings is 2. The van der Waals surface area contributed by atoms with Crippen molar-refractivity contribution < 1.29 is 14.7 Å². The zero-order valence-electron chi connectivity index (χ0n) is 19.7. The van der Waals surface area contributed by atoms with E-state index >= 15 is 0 Å². The van der Waals surface area contributed by atoms with E-state index in [0.717, 1.165) is 34.6 Å². The molecular weight excluding hydrogens is 430 g/mol. The summed E-state index contributed by atoms with van der Waals surface area (Å²) in [5.41, 5.74) is 5.17. The number of aryl methyl sites for hydroxylation is 1. The van der Waals surface area contributed by atoms with E-state index in [4.69, 9.17) is 0 Å². The van der Waals surface area contributed by atoms with Crippen molar-refractivity contribution >= 4 is 17.7 Å². The van der Waals surface area contributed by atoms with Crippen LogP contribution < -0.4 is 4.90 Å². The van der Waals surface area contributed by atoms with Gasteiger partial charge in [0.1, 0.15) is 5.69 Å². The van der Waals surface area contributed by atoms with Crippen molar-refractivity contribution in [1.29, 1.82) is 0 Å². The Morgan fingerprint density at radius 1 is 1.06 bits per heavy atom. The molecule has 0 spiro atoms. The molecule has 3 aromatic rings. The number of hydrogen-bond acceptors (Lipinski definition) is 5. The summed E-state index contributed by atoms with van der Waals surface area (Å²) in [6, 6.07) is 15.4. The van der Waals surface area contributed by atoms with E-state index in [1.165, 1.54) is 4.90 Å². The van der Waals surface area contributed by atoms with Crippen LogP contribution in [0.2, 0.25) is 0 Å².